The number of carbonyl (C=O) groups is 1. The molecule has 1 amide bonds. The second-order valence-electron chi connectivity index (χ2n) is 8.10. The smallest absolute Gasteiger partial charge is 0.227 e. The molecule has 1 atom stereocenters. The van der Waals surface area contributed by atoms with Crippen LogP contribution in [0.4, 0.5) is 4.39 Å². The van der Waals surface area contributed by atoms with Gasteiger partial charge in [0.1, 0.15) is 5.82 Å². The second-order valence-corrected chi connectivity index (χ2v) is 8.10. The quantitative estimate of drug-likeness (QED) is 0.625. The maximum absolute atomic E-state index is 13.8. The molecule has 1 saturated heterocycles. The molecule has 0 bridgehead atoms. The Morgan fingerprint density at radius 1 is 1.26 bits per heavy atom. The van der Waals surface area contributed by atoms with Crippen molar-refractivity contribution in [2.75, 3.05) is 13.1 Å². The summed E-state index contributed by atoms with van der Waals surface area (Å²) in [5.74, 6) is 0.378. The zero-order valence-corrected chi connectivity index (χ0v) is 17.7. The zero-order valence-electron chi connectivity index (χ0n) is 17.7. The number of nitrogens with zero attached hydrogens (tertiary/aromatic N) is 3. The number of aromatic nitrogens is 2. The lowest BCUT2D eigenvalue weighted by atomic mass is 10.0. The van der Waals surface area contributed by atoms with Crippen LogP contribution in [0, 0.1) is 12.7 Å². The maximum Gasteiger partial charge on any atom is 0.227 e. The lowest BCUT2D eigenvalue weighted by molar-refractivity contribution is -0.122. The molecule has 1 aliphatic heterocycles. The van der Waals surface area contributed by atoms with Crippen LogP contribution in [0.15, 0.2) is 53.1 Å². The number of rotatable bonds is 7. The number of hydrogen-bond donors (Lipinski definition) is 1. The van der Waals surface area contributed by atoms with Crippen LogP contribution in [0.1, 0.15) is 36.3 Å². The number of aryl methyl sites for hydroxylation is 2. The molecule has 1 N–H and O–H groups in total. The highest BCUT2D eigenvalue weighted by atomic mass is 19.1. The predicted molar refractivity (Wildman–Crippen MR) is 116 cm³/mol. The van der Waals surface area contributed by atoms with E-state index in [0.717, 1.165) is 32.5 Å². The van der Waals surface area contributed by atoms with Crippen LogP contribution in [-0.2, 0) is 17.8 Å². The molecule has 0 saturated carbocycles. The van der Waals surface area contributed by atoms with Crippen molar-refractivity contribution in [1.82, 2.24) is 20.4 Å². The molecular weight excluding hydrogens is 395 g/mol. The monoisotopic (exact) mass is 422 g/mol. The minimum Gasteiger partial charge on any atom is -0.352 e. The van der Waals surface area contributed by atoms with E-state index < -0.39 is 0 Å². The van der Waals surface area contributed by atoms with Crippen molar-refractivity contribution in [1.29, 1.82) is 0 Å². The van der Waals surface area contributed by atoms with Gasteiger partial charge in [-0.25, -0.2) is 4.39 Å². The van der Waals surface area contributed by atoms with Crippen molar-refractivity contribution in [3.8, 4) is 11.4 Å². The van der Waals surface area contributed by atoms with Gasteiger partial charge in [-0.1, -0.05) is 47.6 Å². The Labute approximate surface area is 181 Å². The van der Waals surface area contributed by atoms with Crippen molar-refractivity contribution >= 4 is 5.91 Å². The minimum atomic E-state index is -0.308. The fourth-order valence-corrected chi connectivity index (χ4v) is 3.88. The van der Waals surface area contributed by atoms with E-state index in [0.29, 0.717) is 29.3 Å². The normalized spacial score (nSPS) is 16.9. The molecule has 162 valence electrons. The summed E-state index contributed by atoms with van der Waals surface area (Å²) in [7, 11) is 0. The maximum atomic E-state index is 13.8. The zero-order chi connectivity index (χ0) is 21.6. The number of piperidine rings is 1. The second kappa shape index (κ2) is 9.83. The van der Waals surface area contributed by atoms with Crippen LogP contribution < -0.4 is 5.32 Å². The average Bonchev–Trinajstić information content (AvgIpc) is 3.24. The Balaban J connectivity index is 1.25. The lowest BCUT2D eigenvalue weighted by Crippen LogP contribution is -2.47. The SMILES string of the molecule is Cc1ccc(-c2noc(CCC(=O)NC3CCCN(Cc4ccccc4)C3)n2)cc1F. The first-order valence-corrected chi connectivity index (χ1v) is 10.7. The number of nitrogens with one attached hydrogen (secondary N) is 1. The third kappa shape index (κ3) is 5.76. The molecule has 1 unspecified atom stereocenters. The molecule has 2 heterocycles. The van der Waals surface area contributed by atoms with Crippen LogP contribution >= 0.6 is 0 Å². The molecular formula is C24H27FN4O2. The number of benzene rings is 2. The first-order valence-electron chi connectivity index (χ1n) is 10.7. The molecule has 2 aromatic carbocycles. The third-order valence-corrected chi connectivity index (χ3v) is 5.58. The van der Waals surface area contributed by atoms with Gasteiger partial charge in [0.05, 0.1) is 0 Å². The van der Waals surface area contributed by atoms with Gasteiger partial charge in [0.25, 0.3) is 0 Å². The fourth-order valence-electron chi connectivity index (χ4n) is 3.88. The van der Waals surface area contributed by atoms with E-state index in [1.54, 1.807) is 19.1 Å². The summed E-state index contributed by atoms with van der Waals surface area (Å²) in [5.41, 5.74) is 2.41. The van der Waals surface area contributed by atoms with E-state index in [4.69, 9.17) is 4.52 Å². The van der Waals surface area contributed by atoms with E-state index in [1.807, 2.05) is 6.07 Å². The van der Waals surface area contributed by atoms with Gasteiger partial charge in [0, 0.05) is 37.5 Å². The van der Waals surface area contributed by atoms with E-state index in [2.05, 4.69) is 44.6 Å². The number of likely N-dealkylation sites (tertiary alicyclic amines) is 1. The van der Waals surface area contributed by atoms with Gasteiger partial charge >= 0.3 is 0 Å². The van der Waals surface area contributed by atoms with E-state index in [1.165, 1.54) is 11.6 Å². The molecule has 6 nitrogen and oxygen atoms in total. The van der Waals surface area contributed by atoms with Crippen molar-refractivity contribution in [3.63, 3.8) is 0 Å². The van der Waals surface area contributed by atoms with E-state index >= 15 is 0 Å². The van der Waals surface area contributed by atoms with Gasteiger partial charge in [0.2, 0.25) is 17.6 Å². The third-order valence-electron chi connectivity index (χ3n) is 5.58. The molecule has 3 aromatic rings. The Kier molecular flexibility index (Phi) is 6.72. The van der Waals surface area contributed by atoms with Gasteiger partial charge in [-0.2, -0.15) is 4.98 Å². The standard InChI is InChI=1S/C24H27FN4O2/c1-17-9-10-19(14-21(17)25)24-27-23(31-28-24)12-11-22(30)26-20-8-5-13-29(16-20)15-18-6-3-2-4-7-18/h2-4,6-7,9-10,14,20H,5,8,11-13,15-16H2,1H3,(H,26,30). The number of hydrogen-bond acceptors (Lipinski definition) is 5. The van der Waals surface area contributed by atoms with E-state index in [9.17, 15) is 9.18 Å². The summed E-state index contributed by atoms with van der Waals surface area (Å²) in [6.07, 6.45) is 2.69. The summed E-state index contributed by atoms with van der Waals surface area (Å²) < 4.78 is 19.0. The molecule has 1 aliphatic rings. The summed E-state index contributed by atoms with van der Waals surface area (Å²) in [5, 5.41) is 7.05. The molecule has 0 aliphatic carbocycles. The number of halogens is 1. The minimum absolute atomic E-state index is 0.0207. The van der Waals surface area contributed by atoms with Crippen molar-refractivity contribution in [2.24, 2.45) is 0 Å². The topological polar surface area (TPSA) is 71.3 Å². The van der Waals surface area contributed by atoms with Gasteiger partial charge in [-0.05, 0) is 43.5 Å². The van der Waals surface area contributed by atoms with Crippen molar-refractivity contribution < 1.29 is 13.7 Å². The summed E-state index contributed by atoms with van der Waals surface area (Å²) in [4.78, 5) is 19.1. The molecule has 31 heavy (non-hydrogen) atoms. The molecule has 7 heteroatoms. The summed E-state index contributed by atoms with van der Waals surface area (Å²) in [6, 6.07) is 15.4. The highest BCUT2D eigenvalue weighted by Gasteiger charge is 2.21. The van der Waals surface area contributed by atoms with Crippen molar-refractivity contribution in [2.45, 2.75) is 45.2 Å². The Morgan fingerprint density at radius 2 is 2.10 bits per heavy atom. The molecule has 4 rings (SSSR count). The van der Waals surface area contributed by atoms with Crippen LogP contribution in [-0.4, -0.2) is 40.1 Å². The van der Waals surface area contributed by atoms with Gasteiger partial charge < -0.3 is 9.84 Å². The number of amides is 1. The first kappa shape index (κ1) is 21.2. The molecule has 1 aromatic heterocycles. The van der Waals surface area contributed by atoms with Gasteiger partial charge in [0.15, 0.2) is 0 Å². The van der Waals surface area contributed by atoms with Gasteiger partial charge in [-0.15, -0.1) is 0 Å². The fraction of sp³-hybridized carbons (Fsp3) is 0.375. The summed E-state index contributed by atoms with van der Waals surface area (Å²) >= 11 is 0. The first-order chi connectivity index (χ1) is 15.1. The Bertz CT molecular complexity index is 1020. The molecule has 0 spiro atoms. The van der Waals surface area contributed by atoms with Crippen LogP contribution in [0.3, 0.4) is 0 Å². The predicted octanol–water partition coefficient (Wildman–Crippen LogP) is 3.90. The Morgan fingerprint density at radius 3 is 2.90 bits per heavy atom. The van der Waals surface area contributed by atoms with Crippen LogP contribution in [0.5, 0.6) is 0 Å². The lowest BCUT2D eigenvalue weighted by Gasteiger charge is -2.33. The number of carbonyl (C=O) groups excluding carboxylic acids is 1. The molecule has 1 fully saturated rings. The van der Waals surface area contributed by atoms with Crippen LogP contribution in [0.25, 0.3) is 11.4 Å². The highest BCUT2D eigenvalue weighted by molar-refractivity contribution is 5.76. The van der Waals surface area contributed by atoms with Crippen LogP contribution in [0.2, 0.25) is 0 Å². The van der Waals surface area contributed by atoms with Crippen molar-refractivity contribution in [3.05, 3.63) is 71.4 Å². The highest BCUT2D eigenvalue weighted by Crippen LogP contribution is 2.19. The largest absolute Gasteiger partial charge is 0.352 e. The Hall–Kier alpha value is -3.06. The van der Waals surface area contributed by atoms with E-state index in [-0.39, 0.29) is 24.2 Å². The van der Waals surface area contributed by atoms with Gasteiger partial charge in [-0.3, -0.25) is 9.69 Å². The summed E-state index contributed by atoms with van der Waals surface area (Å²) in [6.45, 7) is 4.50. The average molecular weight is 423 g/mol. The molecule has 0 radical (unpaired) electrons.